The summed E-state index contributed by atoms with van der Waals surface area (Å²) in [7, 11) is 2.76. The number of aromatic nitrogens is 5. The lowest BCUT2D eigenvalue weighted by Crippen LogP contribution is -2.41. The summed E-state index contributed by atoms with van der Waals surface area (Å²) < 4.78 is 10.6. The summed E-state index contributed by atoms with van der Waals surface area (Å²) >= 11 is 0. The lowest BCUT2D eigenvalue weighted by molar-refractivity contribution is -0.141. The Kier molecular flexibility index (Phi) is 4.25. The number of fused-ring (bicyclic) bond motifs is 3. The molecule has 0 aliphatic rings. The van der Waals surface area contributed by atoms with E-state index >= 15 is 0 Å². The van der Waals surface area contributed by atoms with Crippen molar-refractivity contribution >= 4 is 22.9 Å². The van der Waals surface area contributed by atoms with Gasteiger partial charge in [-0.1, -0.05) is 13.8 Å². The molecular formula is C17H23N5O4. The number of nitrogens with zero attached hydrogens (tertiary/aromatic N) is 5. The number of imidazole rings is 2. The van der Waals surface area contributed by atoms with Crippen molar-refractivity contribution in [1.29, 1.82) is 0 Å². The molecule has 9 heteroatoms. The normalized spacial score (nSPS) is 11.8. The average Bonchev–Trinajstić information content (AvgIpc) is 3.08. The van der Waals surface area contributed by atoms with Gasteiger partial charge in [0, 0.05) is 25.0 Å². The molecule has 140 valence electrons. The molecule has 3 heterocycles. The fourth-order valence-corrected chi connectivity index (χ4v) is 3.23. The van der Waals surface area contributed by atoms with Gasteiger partial charge in [0.25, 0.3) is 5.56 Å². The number of esters is 1. The Hall–Kier alpha value is -2.84. The van der Waals surface area contributed by atoms with Gasteiger partial charge >= 0.3 is 11.7 Å². The summed E-state index contributed by atoms with van der Waals surface area (Å²) in [6, 6.07) is 0. The van der Waals surface area contributed by atoms with Gasteiger partial charge in [0.05, 0.1) is 7.11 Å². The maximum atomic E-state index is 13.0. The third-order valence-electron chi connectivity index (χ3n) is 4.69. The molecule has 0 aliphatic heterocycles. The first-order valence-corrected chi connectivity index (χ1v) is 8.43. The lowest BCUT2D eigenvalue weighted by atomic mass is 10.2. The summed E-state index contributed by atoms with van der Waals surface area (Å²) in [6.07, 6.45) is 0. The zero-order chi connectivity index (χ0) is 19.3. The molecule has 0 unspecified atom stereocenters. The number of ether oxygens (including phenoxy) is 1. The molecule has 0 atom stereocenters. The van der Waals surface area contributed by atoms with E-state index in [0.29, 0.717) is 17.3 Å². The van der Waals surface area contributed by atoms with Crippen LogP contribution in [0.2, 0.25) is 0 Å². The molecule has 26 heavy (non-hydrogen) atoms. The number of carbonyl (C=O) groups excluding carboxylic acids is 1. The highest BCUT2D eigenvalue weighted by atomic mass is 16.5. The Labute approximate surface area is 149 Å². The van der Waals surface area contributed by atoms with Crippen LogP contribution in [0.3, 0.4) is 0 Å². The average molecular weight is 361 g/mol. The zero-order valence-electron chi connectivity index (χ0n) is 15.9. The monoisotopic (exact) mass is 361 g/mol. The fraction of sp³-hybridized carbons (Fsp3) is 0.529. The van der Waals surface area contributed by atoms with Crippen LogP contribution in [0.15, 0.2) is 9.59 Å². The van der Waals surface area contributed by atoms with Crippen molar-refractivity contribution in [3.8, 4) is 0 Å². The van der Waals surface area contributed by atoms with Gasteiger partial charge in [-0.25, -0.2) is 9.36 Å². The minimum Gasteiger partial charge on any atom is -0.468 e. The van der Waals surface area contributed by atoms with Gasteiger partial charge in [0.2, 0.25) is 5.78 Å². The molecule has 0 fully saturated rings. The van der Waals surface area contributed by atoms with Crippen molar-refractivity contribution < 1.29 is 9.53 Å². The van der Waals surface area contributed by atoms with E-state index in [0.717, 1.165) is 22.5 Å². The quantitative estimate of drug-likeness (QED) is 0.635. The first kappa shape index (κ1) is 18.0. The minimum absolute atomic E-state index is 0.286. The van der Waals surface area contributed by atoms with E-state index in [9.17, 15) is 14.4 Å². The second-order valence-corrected chi connectivity index (χ2v) is 6.90. The van der Waals surface area contributed by atoms with E-state index < -0.39 is 23.8 Å². The van der Waals surface area contributed by atoms with Crippen LogP contribution in [0, 0.1) is 19.8 Å². The van der Waals surface area contributed by atoms with Crippen LogP contribution in [0.4, 0.5) is 0 Å². The van der Waals surface area contributed by atoms with Gasteiger partial charge in [-0.2, -0.15) is 4.98 Å². The standard InChI is InChI=1S/C17H23N5O4/c1-9(2)7-20-10(3)11(4)22-13-14(18-16(20)22)19(5)17(25)21(15(13)24)8-12(23)26-6/h9H,7-8H2,1-6H3. The largest absolute Gasteiger partial charge is 0.468 e. The van der Waals surface area contributed by atoms with Crippen molar-refractivity contribution in [3.63, 3.8) is 0 Å². The second-order valence-electron chi connectivity index (χ2n) is 6.90. The van der Waals surface area contributed by atoms with Crippen molar-refractivity contribution in [3.05, 3.63) is 32.2 Å². The Morgan fingerprint density at radius 3 is 2.38 bits per heavy atom. The van der Waals surface area contributed by atoms with Gasteiger partial charge in [-0.3, -0.25) is 18.6 Å². The van der Waals surface area contributed by atoms with Crippen LogP contribution < -0.4 is 11.2 Å². The molecule has 3 rings (SSSR count). The minimum atomic E-state index is -0.658. The van der Waals surface area contributed by atoms with E-state index in [1.807, 2.05) is 13.8 Å². The zero-order valence-corrected chi connectivity index (χ0v) is 15.9. The van der Waals surface area contributed by atoms with E-state index in [1.165, 1.54) is 11.7 Å². The van der Waals surface area contributed by atoms with Crippen LogP contribution in [-0.2, 0) is 29.7 Å². The Morgan fingerprint density at radius 1 is 1.15 bits per heavy atom. The molecule has 0 bridgehead atoms. The van der Waals surface area contributed by atoms with E-state index in [2.05, 4.69) is 28.1 Å². The van der Waals surface area contributed by atoms with E-state index in [4.69, 9.17) is 0 Å². The van der Waals surface area contributed by atoms with Crippen LogP contribution in [0.5, 0.6) is 0 Å². The van der Waals surface area contributed by atoms with E-state index in [1.54, 1.807) is 11.4 Å². The number of carbonyl (C=O) groups is 1. The molecule has 0 saturated carbocycles. The Balaban J connectivity index is 2.45. The molecule has 9 nitrogen and oxygen atoms in total. The van der Waals surface area contributed by atoms with Crippen LogP contribution in [-0.4, -0.2) is 36.2 Å². The van der Waals surface area contributed by atoms with Gasteiger partial charge in [-0.15, -0.1) is 0 Å². The van der Waals surface area contributed by atoms with E-state index in [-0.39, 0.29) is 5.52 Å². The molecule has 0 N–H and O–H groups in total. The smallest absolute Gasteiger partial charge is 0.333 e. The molecule has 3 aromatic heterocycles. The highest BCUT2D eigenvalue weighted by Crippen LogP contribution is 2.21. The highest BCUT2D eigenvalue weighted by Gasteiger charge is 2.23. The summed E-state index contributed by atoms with van der Waals surface area (Å²) in [5, 5.41) is 0. The fourth-order valence-electron chi connectivity index (χ4n) is 3.23. The molecule has 0 amide bonds. The van der Waals surface area contributed by atoms with Crippen LogP contribution in [0.1, 0.15) is 25.2 Å². The van der Waals surface area contributed by atoms with Crippen molar-refractivity contribution in [2.24, 2.45) is 13.0 Å². The Bertz CT molecular complexity index is 1140. The third kappa shape index (κ3) is 2.46. The molecule has 0 spiro atoms. The Morgan fingerprint density at radius 2 is 1.81 bits per heavy atom. The first-order chi connectivity index (χ1) is 12.2. The maximum Gasteiger partial charge on any atom is 0.333 e. The number of rotatable bonds is 4. The summed E-state index contributed by atoms with van der Waals surface area (Å²) in [5.41, 5.74) is 1.33. The van der Waals surface area contributed by atoms with Crippen molar-refractivity contribution in [2.75, 3.05) is 7.11 Å². The molecule has 0 aliphatic carbocycles. The molecule has 3 aromatic rings. The lowest BCUT2D eigenvalue weighted by Gasteiger charge is -2.09. The maximum absolute atomic E-state index is 13.0. The highest BCUT2D eigenvalue weighted by molar-refractivity contribution is 5.77. The van der Waals surface area contributed by atoms with Crippen molar-refractivity contribution in [2.45, 2.75) is 40.8 Å². The summed E-state index contributed by atoms with van der Waals surface area (Å²) in [4.78, 5) is 41.7. The van der Waals surface area contributed by atoms with Crippen LogP contribution >= 0.6 is 0 Å². The topological polar surface area (TPSA) is 92.5 Å². The van der Waals surface area contributed by atoms with Gasteiger partial charge < -0.3 is 9.30 Å². The van der Waals surface area contributed by atoms with Crippen LogP contribution in [0.25, 0.3) is 16.9 Å². The number of hydrogen-bond donors (Lipinski definition) is 0. The predicted octanol–water partition coefficient (Wildman–Crippen LogP) is 0.595. The number of hydrogen-bond acceptors (Lipinski definition) is 5. The molecule has 0 radical (unpaired) electrons. The summed E-state index contributed by atoms with van der Waals surface area (Å²) in [6.45, 7) is 8.41. The molecule has 0 saturated heterocycles. The second kappa shape index (κ2) is 6.15. The van der Waals surface area contributed by atoms with Gasteiger partial charge in [0.1, 0.15) is 6.54 Å². The van der Waals surface area contributed by atoms with Gasteiger partial charge in [-0.05, 0) is 19.8 Å². The molecular weight excluding hydrogens is 338 g/mol. The number of methoxy groups -OCH3 is 1. The number of aryl methyl sites for hydroxylation is 2. The summed E-state index contributed by atoms with van der Waals surface area (Å²) in [5.74, 6) is 0.352. The first-order valence-electron chi connectivity index (χ1n) is 8.43. The third-order valence-corrected chi connectivity index (χ3v) is 4.69. The predicted molar refractivity (Wildman–Crippen MR) is 96.5 cm³/mol. The van der Waals surface area contributed by atoms with Gasteiger partial charge in [0.15, 0.2) is 11.2 Å². The van der Waals surface area contributed by atoms with Crippen molar-refractivity contribution in [1.82, 2.24) is 23.1 Å². The molecule has 0 aromatic carbocycles. The SMILES string of the molecule is COC(=O)Cn1c(=O)c2c(nc3n(CC(C)C)c(C)c(C)n23)n(C)c1=O.